The van der Waals surface area contributed by atoms with Gasteiger partial charge in [-0.2, -0.15) is 0 Å². The quantitative estimate of drug-likeness (QED) is 0.879. The van der Waals surface area contributed by atoms with Crippen LogP contribution in [-0.4, -0.2) is 9.55 Å². The standard InChI is InChI=1S/C15H17ClN2O2/c1-3-12-13(16)17-15(20)18(14(12)19)9-8-11-7-5-4-6-10(11)2/h4-7H,3,8-9H2,1-2H3,(H,17,20). The predicted molar refractivity (Wildman–Crippen MR) is 80.6 cm³/mol. The Morgan fingerprint density at radius 3 is 2.60 bits per heavy atom. The van der Waals surface area contributed by atoms with E-state index in [1.54, 1.807) is 0 Å². The molecule has 0 bridgehead atoms. The summed E-state index contributed by atoms with van der Waals surface area (Å²) in [6, 6.07) is 7.94. The highest BCUT2D eigenvalue weighted by atomic mass is 35.5. The lowest BCUT2D eigenvalue weighted by Gasteiger charge is -2.09. The number of nitrogens with one attached hydrogen (secondary N) is 1. The van der Waals surface area contributed by atoms with E-state index >= 15 is 0 Å². The number of aromatic amines is 1. The van der Waals surface area contributed by atoms with Crippen molar-refractivity contribution in [3.05, 3.63) is 66.9 Å². The van der Waals surface area contributed by atoms with Crippen LogP contribution >= 0.6 is 11.6 Å². The molecule has 0 amide bonds. The maximum Gasteiger partial charge on any atom is 0.329 e. The summed E-state index contributed by atoms with van der Waals surface area (Å²) in [7, 11) is 0. The zero-order valence-corrected chi connectivity index (χ0v) is 12.3. The summed E-state index contributed by atoms with van der Waals surface area (Å²) in [4.78, 5) is 26.6. The molecule has 0 unspecified atom stereocenters. The molecule has 0 saturated carbocycles. The SMILES string of the molecule is CCc1c(Cl)[nH]c(=O)n(CCc2ccccc2C)c1=O. The van der Waals surface area contributed by atoms with Gasteiger partial charge >= 0.3 is 5.69 Å². The topological polar surface area (TPSA) is 54.9 Å². The van der Waals surface area contributed by atoms with E-state index in [-0.39, 0.29) is 10.7 Å². The smallest absolute Gasteiger partial charge is 0.297 e. The van der Waals surface area contributed by atoms with Crippen molar-refractivity contribution in [2.24, 2.45) is 0 Å². The van der Waals surface area contributed by atoms with Crippen LogP contribution in [0.5, 0.6) is 0 Å². The zero-order chi connectivity index (χ0) is 14.7. The van der Waals surface area contributed by atoms with Crippen molar-refractivity contribution in [2.75, 3.05) is 0 Å². The first-order valence-electron chi connectivity index (χ1n) is 6.60. The number of benzene rings is 1. The van der Waals surface area contributed by atoms with Crippen molar-refractivity contribution in [3.8, 4) is 0 Å². The Balaban J connectivity index is 2.33. The summed E-state index contributed by atoms with van der Waals surface area (Å²) < 4.78 is 1.22. The van der Waals surface area contributed by atoms with Gasteiger partial charge in [-0.25, -0.2) is 4.79 Å². The van der Waals surface area contributed by atoms with Crippen molar-refractivity contribution in [1.29, 1.82) is 0 Å². The summed E-state index contributed by atoms with van der Waals surface area (Å²) in [6.07, 6.45) is 1.14. The fourth-order valence-corrected chi connectivity index (χ4v) is 2.51. The van der Waals surface area contributed by atoms with Gasteiger partial charge in [0, 0.05) is 6.54 Å². The maximum absolute atomic E-state index is 12.2. The molecule has 1 aromatic carbocycles. The van der Waals surface area contributed by atoms with Crippen molar-refractivity contribution in [1.82, 2.24) is 9.55 Å². The fourth-order valence-electron chi connectivity index (χ4n) is 2.22. The first kappa shape index (κ1) is 14.6. The molecule has 0 aliphatic carbocycles. The van der Waals surface area contributed by atoms with Crippen molar-refractivity contribution < 1.29 is 0 Å². The van der Waals surface area contributed by atoms with Gasteiger partial charge in [0.25, 0.3) is 5.56 Å². The number of aryl methyl sites for hydroxylation is 2. The first-order chi connectivity index (χ1) is 9.54. The van der Waals surface area contributed by atoms with Gasteiger partial charge in [0.2, 0.25) is 0 Å². The molecule has 0 saturated heterocycles. The monoisotopic (exact) mass is 292 g/mol. The van der Waals surface area contributed by atoms with Crippen molar-refractivity contribution in [2.45, 2.75) is 33.2 Å². The molecule has 0 radical (unpaired) electrons. The molecule has 2 rings (SSSR count). The minimum atomic E-state index is -0.453. The Morgan fingerprint density at radius 2 is 1.95 bits per heavy atom. The van der Waals surface area contributed by atoms with Gasteiger partial charge in [-0.15, -0.1) is 0 Å². The highest BCUT2D eigenvalue weighted by Crippen LogP contribution is 2.09. The van der Waals surface area contributed by atoms with Gasteiger partial charge in [-0.1, -0.05) is 42.8 Å². The van der Waals surface area contributed by atoms with Gasteiger partial charge in [-0.3, -0.25) is 14.3 Å². The van der Waals surface area contributed by atoms with Gasteiger partial charge < -0.3 is 0 Å². The molecular weight excluding hydrogens is 276 g/mol. The molecule has 0 aliphatic heterocycles. The average molecular weight is 293 g/mol. The highest BCUT2D eigenvalue weighted by molar-refractivity contribution is 6.30. The molecule has 0 atom stereocenters. The van der Waals surface area contributed by atoms with Crippen LogP contribution in [0.1, 0.15) is 23.6 Å². The predicted octanol–water partition coefficient (Wildman–Crippen LogP) is 2.30. The summed E-state index contributed by atoms with van der Waals surface area (Å²) >= 11 is 5.88. The summed E-state index contributed by atoms with van der Waals surface area (Å²) in [5, 5.41) is 0.148. The lowest BCUT2D eigenvalue weighted by Crippen LogP contribution is -2.37. The van der Waals surface area contributed by atoms with Crippen molar-refractivity contribution in [3.63, 3.8) is 0 Å². The van der Waals surface area contributed by atoms with Gasteiger partial charge in [0.1, 0.15) is 5.15 Å². The van der Waals surface area contributed by atoms with Crippen LogP contribution in [0, 0.1) is 6.92 Å². The number of nitrogens with zero attached hydrogens (tertiary/aromatic N) is 1. The Labute approximate surface area is 122 Å². The number of hydrogen-bond acceptors (Lipinski definition) is 2. The van der Waals surface area contributed by atoms with E-state index in [1.165, 1.54) is 4.57 Å². The molecule has 0 aliphatic rings. The van der Waals surface area contributed by atoms with E-state index in [1.807, 2.05) is 38.1 Å². The number of hydrogen-bond donors (Lipinski definition) is 1. The van der Waals surface area contributed by atoms with E-state index in [9.17, 15) is 9.59 Å². The summed E-state index contributed by atoms with van der Waals surface area (Å²) in [5.74, 6) is 0. The lowest BCUT2D eigenvalue weighted by molar-refractivity contribution is 0.618. The van der Waals surface area contributed by atoms with Crippen LogP contribution in [0.25, 0.3) is 0 Å². The molecule has 1 aromatic heterocycles. The molecule has 5 heteroatoms. The van der Waals surface area contributed by atoms with Crippen LogP contribution in [0.2, 0.25) is 5.15 Å². The van der Waals surface area contributed by atoms with Crippen LogP contribution in [0.3, 0.4) is 0 Å². The third-order valence-electron chi connectivity index (χ3n) is 3.45. The molecule has 0 fully saturated rings. The van der Waals surface area contributed by atoms with E-state index in [4.69, 9.17) is 11.6 Å². The third-order valence-corrected chi connectivity index (χ3v) is 3.77. The van der Waals surface area contributed by atoms with Crippen LogP contribution in [0.4, 0.5) is 0 Å². The molecule has 1 N–H and O–H groups in total. The number of aromatic nitrogens is 2. The Morgan fingerprint density at radius 1 is 1.25 bits per heavy atom. The van der Waals surface area contributed by atoms with E-state index in [2.05, 4.69) is 4.98 Å². The molecule has 20 heavy (non-hydrogen) atoms. The molecule has 4 nitrogen and oxygen atoms in total. The van der Waals surface area contributed by atoms with E-state index in [0.717, 1.165) is 11.1 Å². The van der Waals surface area contributed by atoms with Crippen LogP contribution in [0.15, 0.2) is 33.9 Å². The molecule has 2 aromatic rings. The highest BCUT2D eigenvalue weighted by Gasteiger charge is 2.11. The number of halogens is 1. The van der Waals surface area contributed by atoms with Gasteiger partial charge in [0.15, 0.2) is 0 Å². The first-order valence-corrected chi connectivity index (χ1v) is 6.98. The number of H-pyrrole nitrogens is 1. The second kappa shape index (κ2) is 6.09. The minimum Gasteiger partial charge on any atom is -0.297 e. The Kier molecular flexibility index (Phi) is 4.45. The Hall–Kier alpha value is -1.81. The third kappa shape index (κ3) is 2.85. The van der Waals surface area contributed by atoms with Crippen LogP contribution in [-0.2, 0) is 19.4 Å². The Bertz CT molecular complexity index is 731. The minimum absolute atomic E-state index is 0.148. The van der Waals surface area contributed by atoms with Gasteiger partial charge in [0.05, 0.1) is 5.56 Å². The molecule has 1 heterocycles. The van der Waals surface area contributed by atoms with E-state index < -0.39 is 5.69 Å². The second-order valence-electron chi connectivity index (χ2n) is 4.71. The molecule has 0 spiro atoms. The van der Waals surface area contributed by atoms with Gasteiger partial charge in [-0.05, 0) is 30.9 Å². The maximum atomic E-state index is 12.2. The molecule has 106 valence electrons. The number of rotatable bonds is 4. The average Bonchev–Trinajstić information content (AvgIpc) is 2.40. The zero-order valence-electron chi connectivity index (χ0n) is 11.6. The van der Waals surface area contributed by atoms with Crippen LogP contribution < -0.4 is 11.2 Å². The molecular formula is C15H17ClN2O2. The normalized spacial score (nSPS) is 10.8. The lowest BCUT2D eigenvalue weighted by atomic mass is 10.1. The largest absolute Gasteiger partial charge is 0.329 e. The van der Waals surface area contributed by atoms with Crippen molar-refractivity contribution >= 4 is 11.6 Å². The second-order valence-corrected chi connectivity index (χ2v) is 5.09. The van der Waals surface area contributed by atoms with E-state index in [0.29, 0.717) is 24.9 Å². The fraction of sp³-hybridized carbons (Fsp3) is 0.333. The summed E-state index contributed by atoms with van der Waals surface area (Å²) in [5.41, 5.74) is 1.99. The summed E-state index contributed by atoms with van der Waals surface area (Å²) in [6.45, 7) is 4.21.